The lowest BCUT2D eigenvalue weighted by Gasteiger charge is -2.14. The van der Waals surface area contributed by atoms with Crippen molar-refractivity contribution in [3.05, 3.63) is 54.5 Å². The third-order valence-electron chi connectivity index (χ3n) is 4.77. The van der Waals surface area contributed by atoms with E-state index in [9.17, 15) is 4.79 Å². The number of fused-ring (bicyclic) bond motifs is 1. The number of likely N-dealkylation sites (tertiary alicyclic amines) is 1. The monoisotopic (exact) mass is 335 g/mol. The molecular weight excluding hydrogens is 314 g/mol. The number of aromatic nitrogens is 3. The molecule has 1 saturated heterocycles. The van der Waals surface area contributed by atoms with Gasteiger partial charge >= 0.3 is 0 Å². The van der Waals surface area contributed by atoms with Crippen LogP contribution in [0.25, 0.3) is 16.9 Å². The molecule has 1 amide bonds. The van der Waals surface area contributed by atoms with E-state index in [-0.39, 0.29) is 11.9 Å². The predicted molar refractivity (Wildman–Crippen MR) is 96.9 cm³/mol. The largest absolute Gasteiger partial charge is 0.348 e. The van der Waals surface area contributed by atoms with Gasteiger partial charge in [0.2, 0.25) is 0 Å². The highest BCUT2D eigenvalue weighted by Crippen LogP contribution is 2.16. The molecule has 0 aliphatic carbocycles. The Balaban J connectivity index is 1.49. The van der Waals surface area contributed by atoms with Crippen LogP contribution in [0.15, 0.2) is 48.9 Å². The van der Waals surface area contributed by atoms with E-state index in [0.717, 1.165) is 42.9 Å². The number of carbonyl (C=O) groups is 1. The van der Waals surface area contributed by atoms with Crippen LogP contribution in [0.3, 0.4) is 0 Å². The van der Waals surface area contributed by atoms with Crippen molar-refractivity contribution in [2.75, 3.05) is 19.6 Å². The Morgan fingerprint density at radius 2 is 2.12 bits per heavy atom. The molecule has 6 heteroatoms. The number of hydrogen-bond acceptors (Lipinski definition) is 4. The molecule has 1 unspecified atom stereocenters. The minimum Gasteiger partial charge on any atom is -0.348 e. The van der Waals surface area contributed by atoms with E-state index in [1.54, 1.807) is 12.5 Å². The maximum absolute atomic E-state index is 12.4. The van der Waals surface area contributed by atoms with Crippen LogP contribution >= 0.6 is 0 Å². The van der Waals surface area contributed by atoms with Gasteiger partial charge in [-0.15, -0.1) is 0 Å². The molecule has 25 heavy (non-hydrogen) atoms. The van der Waals surface area contributed by atoms with E-state index in [4.69, 9.17) is 0 Å². The quantitative estimate of drug-likeness (QED) is 0.794. The minimum absolute atomic E-state index is 0.0579. The summed E-state index contributed by atoms with van der Waals surface area (Å²) in [6, 6.07) is 11.8. The number of amides is 1. The number of rotatable bonds is 4. The lowest BCUT2D eigenvalue weighted by Crippen LogP contribution is -2.37. The van der Waals surface area contributed by atoms with Crippen molar-refractivity contribution in [3.63, 3.8) is 0 Å². The number of benzene rings is 1. The van der Waals surface area contributed by atoms with Crippen LogP contribution in [-0.2, 0) is 0 Å². The average Bonchev–Trinajstić information content (AvgIpc) is 3.28. The van der Waals surface area contributed by atoms with E-state index < -0.39 is 0 Å². The Morgan fingerprint density at radius 3 is 2.88 bits per heavy atom. The van der Waals surface area contributed by atoms with Gasteiger partial charge in [0.25, 0.3) is 5.91 Å². The second kappa shape index (κ2) is 6.64. The maximum atomic E-state index is 12.4. The number of likely N-dealkylation sites (N-methyl/N-ethyl adjacent to an activating group) is 1. The van der Waals surface area contributed by atoms with Gasteiger partial charge in [-0.2, -0.15) is 0 Å². The Morgan fingerprint density at radius 1 is 1.24 bits per heavy atom. The SMILES string of the molecule is CCN1CCC(NC(=O)c2ccc(-n3cnc4ccccc43)nc2)C1. The molecule has 1 fully saturated rings. The van der Waals surface area contributed by atoms with Gasteiger partial charge in [0.15, 0.2) is 0 Å². The highest BCUT2D eigenvalue weighted by atomic mass is 16.1. The second-order valence-corrected chi connectivity index (χ2v) is 6.36. The smallest absolute Gasteiger partial charge is 0.253 e. The summed E-state index contributed by atoms with van der Waals surface area (Å²) in [4.78, 5) is 23.6. The molecule has 1 N–H and O–H groups in total. The van der Waals surface area contributed by atoms with Crippen LogP contribution in [0, 0.1) is 0 Å². The molecular formula is C19H21N5O. The molecule has 0 spiro atoms. The molecule has 0 bridgehead atoms. The Hall–Kier alpha value is -2.73. The van der Waals surface area contributed by atoms with Crippen LogP contribution in [0.1, 0.15) is 23.7 Å². The van der Waals surface area contributed by atoms with Crippen molar-refractivity contribution < 1.29 is 4.79 Å². The zero-order valence-corrected chi connectivity index (χ0v) is 14.2. The van der Waals surface area contributed by atoms with Crippen molar-refractivity contribution in [3.8, 4) is 5.82 Å². The fraction of sp³-hybridized carbons (Fsp3) is 0.316. The first-order valence-corrected chi connectivity index (χ1v) is 8.66. The first kappa shape index (κ1) is 15.8. The Bertz CT molecular complexity index is 886. The summed E-state index contributed by atoms with van der Waals surface area (Å²) in [5, 5.41) is 3.10. The van der Waals surface area contributed by atoms with Crippen molar-refractivity contribution in [2.24, 2.45) is 0 Å². The van der Waals surface area contributed by atoms with Crippen molar-refractivity contribution in [1.82, 2.24) is 24.8 Å². The van der Waals surface area contributed by atoms with E-state index in [1.807, 2.05) is 41.0 Å². The number of nitrogens with one attached hydrogen (secondary N) is 1. The van der Waals surface area contributed by atoms with E-state index in [2.05, 4.69) is 27.1 Å². The van der Waals surface area contributed by atoms with Gasteiger partial charge in [0.1, 0.15) is 12.1 Å². The molecule has 3 heterocycles. The summed E-state index contributed by atoms with van der Waals surface area (Å²) in [6.07, 6.45) is 4.39. The molecule has 1 aliphatic rings. The van der Waals surface area contributed by atoms with Gasteiger partial charge in [-0.3, -0.25) is 9.36 Å². The molecule has 2 aromatic heterocycles. The van der Waals surface area contributed by atoms with Crippen molar-refractivity contribution in [2.45, 2.75) is 19.4 Å². The first-order chi connectivity index (χ1) is 12.2. The number of carbonyl (C=O) groups excluding carboxylic acids is 1. The maximum Gasteiger partial charge on any atom is 0.253 e. The van der Waals surface area contributed by atoms with Crippen molar-refractivity contribution >= 4 is 16.9 Å². The summed E-state index contributed by atoms with van der Waals surface area (Å²) in [7, 11) is 0. The highest BCUT2D eigenvalue weighted by molar-refractivity contribution is 5.94. The van der Waals surface area contributed by atoms with E-state index >= 15 is 0 Å². The third-order valence-corrected chi connectivity index (χ3v) is 4.77. The molecule has 128 valence electrons. The van der Waals surface area contributed by atoms with E-state index in [0.29, 0.717) is 5.56 Å². The molecule has 4 rings (SSSR count). The molecule has 1 aromatic carbocycles. The molecule has 0 radical (unpaired) electrons. The second-order valence-electron chi connectivity index (χ2n) is 6.36. The fourth-order valence-corrected chi connectivity index (χ4v) is 3.31. The van der Waals surface area contributed by atoms with Crippen LogP contribution < -0.4 is 5.32 Å². The number of para-hydroxylation sites is 2. The first-order valence-electron chi connectivity index (χ1n) is 8.66. The topological polar surface area (TPSA) is 63.1 Å². The summed E-state index contributed by atoms with van der Waals surface area (Å²) < 4.78 is 1.92. The summed E-state index contributed by atoms with van der Waals surface area (Å²) in [5.41, 5.74) is 2.51. The number of nitrogens with zero attached hydrogens (tertiary/aromatic N) is 4. The van der Waals surface area contributed by atoms with Gasteiger partial charge in [-0.25, -0.2) is 9.97 Å². The van der Waals surface area contributed by atoms with Gasteiger partial charge in [0, 0.05) is 25.3 Å². The Labute approximate surface area is 146 Å². The Kier molecular flexibility index (Phi) is 4.19. The zero-order valence-electron chi connectivity index (χ0n) is 14.2. The third kappa shape index (κ3) is 3.13. The van der Waals surface area contributed by atoms with Gasteiger partial charge < -0.3 is 10.2 Å². The highest BCUT2D eigenvalue weighted by Gasteiger charge is 2.23. The average molecular weight is 335 g/mol. The van der Waals surface area contributed by atoms with E-state index in [1.165, 1.54) is 0 Å². The normalized spacial score (nSPS) is 17.9. The van der Waals surface area contributed by atoms with Crippen molar-refractivity contribution in [1.29, 1.82) is 0 Å². The summed E-state index contributed by atoms with van der Waals surface area (Å²) >= 11 is 0. The summed E-state index contributed by atoms with van der Waals surface area (Å²) in [5.74, 6) is 0.695. The molecule has 1 atom stereocenters. The summed E-state index contributed by atoms with van der Waals surface area (Å²) in [6.45, 7) is 5.15. The number of hydrogen-bond donors (Lipinski definition) is 1. The zero-order chi connectivity index (χ0) is 17.2. The lowest BCUT2D eigenvalue weighted by molar-refractivity contribution is 0.0937. The van der Waals surface area contributed by atoms with Crippen LogP contribution in [0.4, 0.5) is 0 Å². The molecule has 0 saturated carbocycles. The number of imidazole rings is 1. The van der Waals surface area contributed by atoms with Gasteiger partial charge in [-0.1, -0.05) is 19.1 Å². The fourth-order valence-electron chi connectivity index (χ4n) is 3.31. The van der Waals surface area contributed by atoms with Crippen LogP contribution in [0.2, 0.25) is 0 Å². The minimum atomic E-state index is -0.0579. The van der Waals surface area contributed by atoms with Crippen LogP contribution in [-0.4, -0.2) is 51.0 Å². The van der Waals surface area contributed by atoms with Gasteiger partial charge in [0.05, 0.1) is 16.6 Å². The van der Waals surface area contributed by atoms with Gasteiger partial charge in [-0.05, 0) is 37.2 Å². The van der Waals surface area contributed by atoms with Crippen LogP contribution in [0.5, 0.6) is 0 Å². The molecule has 3 aromatic rings. The lowest BCUT2D eigenvalue weighted by atomic mass is 10.2. The standard InChI is InChI=1S/C19H21N5O/c1-2-23-10-9-15(12-23)22-19(25)14-7-8-18(20-11-14)24-13-21-16-5-3-4-6-17(16)24/h3-8,11,13,15H,2,9-10,12H2,1H3,(H,22,25). The molecule has 6 nitrogen and oxygen atoms in total. The molecule has 1 aliphatic heterocycles. The predicted octanol–water partition coefficient (Wildman–Crippen LogP) is 2.24. The number of pyridine rings is 1.